The Bertz CT molecular complexity index is 422. The van der Waals surface area contributed by atoms with E-state index in [4.69, 9.17) is 5.73 Å². The molecule has 3 N–H and O–H groups in total. The summed E-state index contributed by atoms with van der Waals surface area (Å²) in [6.45, 7) is 0.584. The SMILES string of the molecule is Nc1cc(F)cc(NCc2nccs2)c1. The third-order valence-electron chi connectivity index (χ3n) is 1.85. The second kappa shape index (κ2) is 4.27. The molecule has 0 amide bonds. The molecule has 0 aliphatic carbocycles. The van der Waals surface area contributed by atoms with Crippen molar-refractivity contribution in [3.63, 3.8) is 0 Å². The monoisotopic (exact) mass is 223 g/mol. The minimum absolute atomic E-state index is 0.336. The summed E-state index contributed by atoms with van der Waals surface area (Å²) in [6, 6.07) is 4.38. The van der Waals surface area contributed by atoms with Crippen LogP contribution in [0.25, 0.3) is 0 Å². The zero-order valence-corrected chi connectivity index (χ0v) is 8.72. The van der Waals surface area contributed by atoms with Crippen LogP contribution in [0.15, 0.2) is 29.8 Å². The molecule has 0 unspecified atom stereocenters. The Balaban J connectivity index is 2.05. The Morgan fingerprint density at radius 2 is 2.27 bits per heavy atom. The molecule has 1 aromatic heterocycles. The van der Waals surface area contributed by atoms with Crippen molar-refractivity contribution in [1.82, 2.24) is 4.98 Å². The molecule has 0 aliphatic rings. The third kappa shape index (κ3) is 2.66. The van der Waals surface area contributed by atoms with E-state index >= 15 is 0 Å². The predicted octanol–water partition coefficient (Wildman–Crippen LogP) is 2.48. The zero-order valence-electron chi connectivity index (χ0n) is 7.90. The van der Waals surface area contributed by atoms with Gasteiger partial charge in [-0.2, -0.15) is 0 Å². The van der Waals surface area contributed by atoms with E-state index in [1.54, 1.807) is 23.6 Å². The summed E-state index contributed by atoms with van der Waals surface area (Å²) >= 11 is 1.55. The van der Waals surface area contributed by atoms with Crippen molar-refractivity contribution in [3.05, 3.63) is 40.6 Å². The molecule has 0 saturated heterocycles. The molecule has 78 valence electrons. The van der Waals surface area contributed by atoms with Crippen molar-refractivity contribution in [1.29, 1.82) is 0 Å². The van der Waals surface area contributed by atoms with E-state index < -0.39 is 0 Å². The highest BCUT2D eigenvalue weighted by molar-refractivity contribution is 7.09. The van der Waals surface area contributed by atoms with Crippen molar-refractivity contribution < 1.29 is 4.39 Å². The molecule has 0 spiro atoms. The molecule has 2 rings (SSSR count). The zero-order chi connectivity index (χ0) is 10.7. The van der Waals surface area contributed by atoms with Crippen LogP contribution in [0, 0.1) is 5.82 Å². The lowest BCUT2D eigenvalue weighted by Gasteiger charge is -2.05. The fourth-order valence-electron chi connectivity index (χ4n) is 1.23. The largest absolute Gasteiger partial charge is 0.399 e. The highest BCUT2D eigenvalue weighted by Crippen LogP contribution is 2.16. The fourth-order valence-corrected chi connectivity index (χ4v) is 1.79. The van der Waals surface area contributed by atoms with Crippen LogP contribution in [-0.4, -0.2) is 4.98 Å². The Morgan fingerprint density at radius 3 is 2.93 bits per heavy atom. The van der Waals surface area contributed by atoms with Gasteiger partial charge >= 0.3 is 0 Å². The second-order valence-corrected chi connectivity index (χ2v) is 4.03. The van der Waals surface area contributed by atoms with Crippen LogP contribution in [0.1, 0.15) is 5.01 Å². The van der Waals surface area contributed by atoms with Gasteiger partial charge < -0.3 is 11.1 Å². The van der Waals surface area contributed by atoms with E-state index in [0.717, 1.165) is 5.01 Å². The number of hydrogen-bond donors (Lipinski definition) is 2. The van der Waals surface area contributed by atoms with Gasteiger partial charge in [0.15, 0.2) is 0 Å². The van der Waals surface area contributed by atoms with Crippen molar-refractivity contribution in [2.45, 2.75) is 6.54 Å². The molecule has 0 saturated carbocycles. The van der Waals surface area contributed by atoms with Crippen molar-refractivity contribution in [2.75, 3.05) is 11.1 Å². The maximum Gasteiger partial charge on any atom is 0.127 e. The van der Waals surface area contributed by atoms with Gasteiger partial charge in [0, 0.05) is 23.0 Å². The van der Waals surface area contributed by atoms with Gasteiger partial charge in [-0.1, -0.05) is 0 Å². The second-order valence-electron chi connectivity index (χ2n) is 3.05. The molecular weight excluding hydrogens is 213 g/mol. The molecule has 1 aromatic carbocycles. The van der Waals surface area contributed by atoms with Gasteiger partial charge in [0.05, 0.1) is 6.54 Å². The van der Waals surface area contributed by atoms with Crippen LogP contribution in [-0.2, 0) is 6.54 Å². The first-order valence-electron chi connectivity index (χ1n) is 4.42. The molecule has 0 aliphatic heterocycles. The number of rotatable bonds is 3. The number of anilines is 2. The summed E-state index contributed by atoms with van der Waals surface area (Å²) in [6.07, 6.45) is 1.74. The molecule has 15 heavy (non-hydrogen) atoms. The van der Waals surface area contributed by atoms with Crippen LogP contribution in [0.3, 0.4) is 0 Å². The number of thiazole rings is 1. The van der Waals surface area contributed by atoms with E-state index in [-0.39, 0.29) is 5.82 Å². The minimum atomic E-state index is -0.336. The maximum atomic E-state index is 13.0. The lowest BCUT2D eigenvalue weighted by Crippen LogP contribution is -2.00. The van der Waals surface area contributed by atoms with E-state index in [1.165, 1.54) is 12.1 Å². The lowest BCUT2D eigenvalue weighted by molar-refractivity contribution is 0.629. The summed E-state index contributed by atoms with van der Waals surface area (Å²) in [4.78, 5) is 4.11. The summed E-state index contributed by atoms with van der Waals surface area (Å²) in [5.74, 6) is -0.336. The van der Waals surface area contributed by atoms with Gasteiger partial charge in [-0.3, -0.25) is 0 Å². The average Bonchev–Trinajstić information content (AvgIpc) is 2.65. The van der Waals surface area contributed by atoms with Gasteiger partial charge in [0.2, 0.25) is 0 Å². The molecule has 3 nitrogen and oxygen atoms in total. The van der Waals surface area contributed by atoms with Crippen molar-refractivity contribution >= 4 is 22.7 Å². The molecule has 1 heterocycles. The van der Waals surface area contributed by atoms with E-state index in [2.05, 4.69) is 10.3 Å². The average molecular weight is 223 g/mol. The van der Waals surface area contributed by atoms with Gasteiger partial charge in [-0.15, -0.1) is 11.3 Å². The maximum absolute atomic E-state index is 13.0. The summed E-state index contributed by atoms with van der Waals surface area (Å²) in [7, 11) is 0. The number of benzene rings is 1. The number of aromatic nitrogens is 1. The van der Waals surface area contributed by atoms with Gasteiger partial charge in [0.25, 0.3) is 0 Å². The molecule has 0 fully saturated rings. The number of nitrogen functional groups attached to an aromatic ring is 1. The number of hydrogen-bond acceptors (Lipinski definition) is 4. The number of nitrogens with two attached hydrogens (primary N) is 1. The molecule has 0 radical (unpaired) electrons. The highest BCUT2D eigenvalue weighted by atomic mass is 32.1. The Labute approximate surface area is 90.8 Å². The molecule has 0 atom stereocenters. The third-order valence-corrected chi connectivity index (χ3v) is 2.63. The van der Waals surface area contributed by atoms with Crippen LogP contribution >= 0.6 is 11.3 Å². The quantitative estimate of drug-likeness (QED) is 0.786. The van der Waals surface area contributed by atoms with Crippen LogP contribution in [0.5, 0.6) is 0 Å². The first-order valence-corrected chi connectivity index (χ1v) is 5.30. The fraction of sp³-hybridized carbons (Fsp3) is 0.100. The smallest absolute Gasteiger partial charge is 0.127 e. The predicted molar refractivity (Wildman–Crippen MR) is 60.3 cm³/mol. The van der Waals surface area contributed by atoms with Crippen LogP contribution in [0.2, 0.25) is 0 Å². The highest BCUT2D eigenvalue weighted by Gasteiger charge is 1.99. The first-order chi connectivity index (χ1) is 7.24. The van der Waals surface area contributed by atoms with Gasteiger partial charge in [-0.25, -0.2) is 9.37 Å². The van der Waals surface area contributed by atoms with Gasteiger partial charge in [-0.05, 0) is 18.2 Å². The number of halogens is 1. The van der Waals surface area contributed by atoms with Crippen LogP contribution < -0.4 is 11.1 Å². The summed E-state index contributed by atoms with van der Waals surface area (Å²) in [5.41, 5.74) is 6.60. The molecule has 0 bridgehead atoms. The molecule has 5 heteroatoms. The number of nitrogens with zero attached hydrogens (tertiary/aromatic N) is 1. The van der Waals surface area contributed by atoms with E-state index in [9.17, 15) is 4.39 Å². The Morgan fingerprint density at radius 1 is 1.40 bits per heavy atom. The standard InChI is InChI=1S/C10H10FN3S/c11-7-3-8(12)5-9(4-7)14-6-10-13-1-2-15-10/h1-5,14H,6,12H2. The normalized spacial score (nSPS) is 10.2. The molecule has 2 aromatic rings. The van der Waals surface area contributed by atoms with E-state index in [0.29, 0.717) is 17.9 Å². The number of nitrogens with one attached hydrogen (secondary N) is 1. The lowest BCUT2D eigenvalue weighted by atomic mass is 10.2. The van der Waals surface area contributed by atoms with E-state index in [1.807, 2.05) is 5.38 Å². The van der Waals surface area contributed by atoms with Crippen molar-refractivity contribution in [2.24, 2.45) is 0 Å². The summed E-state index contributed by atoms with van der Waals surface area (Å²) < 4.78 is 13.0. The van der Waals surface area contributed by atoms with Gasteiger partial charge in [0.1, 0.15) is 10.8 Å². The first kappa shape index (κ1) is 9.92. The molecular formula is C10H10FN3S. The van der Waals surface area contributed by atoms with Crippen LogP contribution in [0.4, 0.5) is 15.8 Å². The Kier molecular flexibility index (Phi) is 2.82. The Hall–Kier alpha value is -1.62. The minimum Gasteiger partial charge on any atom is -0.399 e. The topological polar surface area (TPSA) is 50.9 Å². The van der Waals surface area contributed by atoms with Crippen molar-refractivity contribution in [3.8, 4) is 0 Å². The summed E-state index contributed by atoms with van der Waals surface area (Å²) in [5, 5.41) is 5.91.